The van der Waals surface area contributed by atoms with Crippen molar-refractivity contribution in [1.82, 2.24) is 4.98 Å². The lowest BCUT2D eigenvalue weighted by Crippen LogP contribution is -2.50. The Hall–Kier alpha value is -0.320. The highest BCUT2D eigenvalue weighted by Gasteiger charge is 2.27. The van der Waals surface area contributed by atoms with Gasteiger partial charge in [-0.25, -0.2) is 4.98 Å². The molecule has 2 heterocycles. The molecular weight excluding hydrogens is 265 g/mol. The Labute approximate surface area is 96.4 Å². The van der Waals surface area contributed by atoms with Gasteiger partial charge >= 0.3 is 0 Å². The van der Waals surface area contributed by atoms with Crippen LogP contribution in [0, 0.1) is 5.92 Å². The summed E-state index contributed by atoms with van der Waals surface area (Å²) in [6, 6.07) is 1.86. The van der Waals surface area contributed by atoms with Gasteiger partial charge in [-0.15, -0.1) is 0 Å². The number of hydrogen-bond donors (Lipinski definition) is 1. The third-order valence-electron chi connectivity index (χ3n) is 2.38. The summed E-state index contributed by atoms with van der Waals surface area (Å²) in [6.07, 6.45) is 1.76. The first kappa shape index (κ1) is 10.2. The van der Waals surface area contributed by atoms with Crippen LogP contribution in [-0.2, 0) is 0 Å². The third-order valence-corrected chi connectivity index (χ3v) is 3.09. The molecule has 0 aliphatic carbocycles. The summed E-state index contributed by atoms with van der Waals surface area (Å²) in [5.74, 6) is 1.45. The van der Waals surface area contributed by atoms with Crippen molar-refractivity contribution in [1.29, 1.82) is 0 Å². The lowest BCUT2D eigenvalue weighted by Gasteiger charge is -2.39. The lowest BCUT2D eigenvalue weighted by molar-refractivity contribution is 0.417. The van der Waals surface area contributed by atoms with Crippen molar-refractivity contribution in [3.05, 3.63) is 21.8 Å². The Kier molecular flexibility index (Phi) is 2.95. The summed E-state index contributed by atoms with van der Waals surface area (Å²) in [7, 11) is 0. The first-order valence-electron chi connectivity index (χ1n) is 4.46. The van der Waals surface area contributed by atoms with Gasteiger partial charge in [0.15, 0.2) is 0 Å². The molecule has 0 bridgehead atoms. The monoisotopic (exact) mass is 275 g/mol. The van der Waals surface area contributed by atoms with Gasteiger partial charge in [0.05, 0.1) is 5.02 Å². The Balaban J connectivity index is 2.11. The number of halogens is 2. The fourth-order valence-corrected chi connectivity index (χ4v) is 2.28. The summed E-state index contributed by atoms with van der Waals surface area (Å²) < 4.78 is 0.905. The predicted octanol–water partition coefficient (Wildman–Crippen LogP) is 1.89. The number of hydrogen-bond acceptors (Lipinski definition) is 3. The summed E-state index contributed by atoms with van der Waals surface area (Å²) >= 11 is 9.39. The molecule has 76 valence electrons. The van der Waals surface area contributed by atoms with Crippen LogP contribution in [0.5, 0.6) is 0 Å². The lowest BCUT2D eigenvalue weighted by atomic mass is 10.0. The van der Waals surface area contributed by atoms with Crippen molar-refractivity contribution >= 4 is 33.3 Å². The Bertz CT molecular complexity index is 339. The molecule has 0 amide bonds. The van der Waals surface area contributed by atoms with E-state index in [1.54, 1.807) is 6.20 Å². The first-order valence-corrected chi connectivity index (χ1v) is 5.64. The highest BCUT2D eigenvalue weighted by Crippen LogP contribution is 2.30. The van der Waals surface area contributed by atoms with E-state index in [0.29, 0.717) is 10.9 Å². The Morgan fingerprint density at radius 1 is 1.64 bits per heavy atom. The second-order valence-electron chi connectivity index (χ2n) is 3.47. The van der Waals surface area contributed by atoms with E-state index >= 15 is 0 Å². The van der Waals surface area contributed by atoms with Gasteiger partial charge in [-0.3, -0.25) is 0 Å². The fourth-order valence-electron chi connectivity index (χ4n) is 1.53. The number of pyridine rings is 1. The van der Waals surface area contributed by atoms with Crippen molar-refractivity contribution in [3.8, 4) is 0 Å². The van der Waals surface area contributed by atoms with Crippen LogP contribution in [0.15, 0.2) is 16.7 Å². The molecule has 0 spiro atoms. The molecule has 1 aliphatic heterocycles. The van der Waals surface area contributed by atoms with Crippen molar-refractivity contribution in [3.63, 3.8) is 0 Å². The smallest absolute Gasteiger partial charge is 0.147 e. The molecule has 0 unspecified atom stereocenters. The van der Waals surface area contributed by atoms with Crippen LogP contribution in [0.4, 0.5) is 5.82 Å². The van der Waals surface area contributed by atoms with E-state index in [9.17, 15) is 0 Å². The van der Waals surface area contributed by atoms with E-state index in [4.69, 9.17) is 17.3 Å². The zero-order chi connectivity index (χ0) is 10.1. The molecule has 0 saturated carbocycles. The van der Waals surface area contributed by atoms with Crippen LogP contribution in [0.25, 0.3) is 0 Å². The zero-order valence-electron chi connectivity index (χ0n) is 7.58. The highest BCUT2D eigenvalue weighted by molar-refractivity contribution is 9.10. The van der Waals surface area contributed by atoms with Gasteiger partial charge in [-0.2, -0.15) is 0 Å². The van der Waals surface area contributed by atoms with Gasteiger partial charge < -0.3 is 10.6 Å². The predicted molar refractivity (Wildman–Crippen MR) is 61.7 cm³/mol. The number of rotatable bonds is 2. The van der Waals surface area contributed by atoms with Crippen molar-refractivity contribution in [2.45, 2.75) is 0 Å². The Morgan fingerprint density at radius 3 is 2.93 bits per heavy atom. The summed E-state index contributed by atoms with van der Waals surface area (Å²) in [5, 5.41) is 0.690. The molecule has 5 heteroatoms. The topological polar surface area (TPSA) is 42.1 Å². The maximum Gasteiger partial charge on any atom is 0.147 e. The minimum atomic E-state index is 0.594. The van der Waals surface area contributed by atoms with Gasteiger partial charge in [0.2, 0.25) is 0 Å². The molecule has 3 nitrogen and oxygen atoms in total. The molecule has 14 heavy (non-hydrogen) atoms. The standard InChI is InChI=1S/C9H11BrClN3/c10-7-1-8(11)9(13-3-7)14-4-6(2-12)5-14/h1,3,6H,2,4-5,12H2. The second kappa shape index (κ2) is 4.04. The largest absolute Gasteiger partial charge is 0.355 e. The number of nitrogens with zero attached hydrogens (tertiary/aromatic N) is 2. The molecule has 1 aliphatic rings. The molecule has 0 radical (unpaired) electrons. The van der Waals surface area contributed by atoms with E-state index in [1.807, 2.05) is 6.07 Å². The van der Waals surface area contributed by atoms with Crippen LogP contribution in [0.3, 0.4) is 0 Å². The van der Waals surface area contributed by atoms with Crippen LogP contribution >= 0.6 is 27.5 Å². The van der Waals surface area contributed by atoms with Crippen LogP contribution in [0.1, 0.15) is 0 Å². The van der Waals surface area contributed by atoms with Gasteiger partial charge in [0.1, 0.15) is 5.82 Å². The van der Waals surface area contributed by atoms with Gasteiger partial charge in [-0.05, 0) is 28.5 Å². The molecule has 2 rings (SSSR count). The molecule has 1 aromatic rings. The maximum atomic E-state index is 6.06. The molecule has 0 aromatic carbocycles. The molecule has 1 aromatic heterocycles. The van der Waals surface area contributed by atoms with E-state index in [1.165, 1.54) is 0 Å². The third kappa shape index (κ3) is 1.87. The average molecular weight is 277 g/mol. The van der Waals surface area contributed by atoms with E-state index in [0.717, 1.165) is 29.9 Å². The minimum Gasteiger partial charge on any atom is -0.355 e. The quantitative estimate of drug-likeness (QED) is 0.897. The highest BCUT2D eigenvalue weighted by atomic mass is 79.9. The molecule has 1 saturated heterocycles. The first-order chi connectivity index (χ1) is 6.70. The molecule has 2 N–H and O–H groups in total. The van der Waals surface area contributed by atoms with Crippen molar-refractivity contribution in [2.24, 2.45) is 11.7 Å². The van der Waals surface area contributed by atoms with Crippen molar-refractivity contribution in [2.75, 3.05) is 24.5 Å². The SMILES string of the molecule is NCC1CN(c2ncc(Br)cc2Cl)C1. The fraction of sp³-hybridized carbons (Fsp3) is 0.444. The van der Waals surface area contributed by atoms with Crippen LogP contribution < -0.4 is 10.6 Å². The number of nitrogens with two attached hydrogens (primary N) is 1. The van der Waals surface area contributed by atoms with Gasteiger partial charge in [-0.1, -0.05) is 11.6 Å². The maximum absolute atomic E-state index is 6.06. The Morgan fingerprint density at radius 2 is 2.36 bits per heavy atom. The van der Waals surface area contributed by atoms with Gasteiger partial charge in [0.25, 0.3) is 0 Å². The summed E-state index contributed by atoms with van der Waals surface area (Å²) in [4.78, 5) is 6.42. The van der Waals surface area contributed by atoms with Crippen LogP contribution in [-0.4, -0.2) is 24.6 Å². The van der Waals surface area contributed by atoms with Gasteiger partial charge in [0, 0.05) is 29.7 Å². The van der Waals surface area contributed by atoms with E-state index in [-0.39, 0.29) is 0 Å². The molecule has 1 fully saturated rings. The summed E-state index contributed by atoms with van der Waals surface area (Å²) in [6.45, 7) is 2.67. The number of anilines is 1. The molecule has 0 atom stereocenters. The average Bonchev–Trinajstić information content (AvgIpc) is 2.06. The molecular formula is C9H11BrClN3. The van der Waals surface area contributed by atoms with E-state index < -0.39 is 0 Å². The minimum absolute atomic E-state index is 0.594. The normalized spacial score (nSPS) is 16.9. The zero-order valence-corrected chi connectivity index (χ0v) is 9.92. The second-order valence-corrected chi connectivity index (χ2v) is 4.79. The van der Waals surface area contributed by atoms with E-state index in [2.05, 4.69) is 25.8 Å². The van der Waals surface area contributed by atoms with Crippen molar-refractivity contribution < 1.29 is 0 Å². The van der Waals surface area contributed by atoms with Crippen LogP contribution in [0.2, 0.25) is 5.02 Å². The summed E-state index contributed by atoms with van der Waals surface area (Å²) in [5.41, 5.74) is 5.55. The number of aromatic nitrogens is 1.